The summed E-state index contributed by atoms with van der Waals surface area (Å²) >= 11 is 7.66. The summed E-state index contributed by atoms with van der Waals surface area (Å²) in [5, 5.41) is 12.6. The van der Waals surface area contributed by atoms with E-state index in [9.17, 15) is 4.79 Å². The molecule has 0 aliphatic carbocycles. The van der Waals surface area contributed by atoms with E-state index in [1.807, 2.05) is 29.8 Å². The van der Waals surface area contributed by atoms with Crippen molar-refractivity contribution in [3.63, 3.8) is 0 Å². The minimum absolute atomic E-state index is 0.102. The van der Waals surface area contributed by atoms with Crippen molar-refractivity contribution < 1.29 is 4.79 Å². The highest BCUT2D eigenvalue weighted by atomic mass is 35.5. The zero-order valence-corrected chi connectivity index (χ0v) is 18.7. The summed E-state index contributed by atoms with van der Waals surface area (Å²) in [6, 6.07) is 13.5. The molecule has 0 unspecified atom stereocenters. The molecule has 2 atom stereocenters. The lowest BCUT2D eigenvalue weighted by molar-refractivity contribution is -0.116. The summed E-state index contributed by atoms with van der Waals surface area (Å²) in [4.78, 5) is 13.4. The molecule has 1 aliphatic heterocycles. The van der Waals surface area contributed by atoms with Crippen LogP contribution in [0.3, 0.4) is 0 Å². The minimum Gasteiger partial charge on any atom is -0.325 e. The van der Waals surface area contributed by atoms with Gasteiger partial charge in [0.25, 0.3) is 0 Å². The van der Waals surface area contributed by atoms with Crippen molar-refractivity contribution in [1.29, 1.82) is 0 Å². The monoisotopic (exact) mass is 441 g/mol. The molecule has 8 heteroatoms. The van der Waals surface area contributed by atoms with Crippen LogP contribution >= 0.6 is 23.4 Å². The Hall–Kier alpha value is -2.51. The van der Waals surface area contributed by atoms with Crippen LogP contribution in [0.2, 0.25) is 5.02 Å². The molecule has 0 fully saturated rings. The standard InChI is InChI=1S/C22H24ClN5OS/c1-4-6-18-25-26-22-28(18)27-19(15-11-9-13(2)10-12-15)20(30-22)21(29)24-17-8-5-7-16(23)14(17)3/h5,7-12,19-20,27H,4,6H2,1-3H3,(H,24,29)/t19-,20+/m1/s1. The SMILES string of the molecule is CCCc1nnc2n1N[C@H](c1ccc(C)cc1)[C@@H](C(=O)Nc1cccc(Cl)c1C)S2. The minimum atomic E-state index is -0.419. The highest BCUT2D eigenvalue weighted by Gasteiger charge is 2.37. The maximum atomic E-state index is 13.4. The Morgan fingerprint density at radius 2 is 1.97 bits per heavy atom. The van der Waals surface area contributed by atoms with Gasteiger partial charge in [-0.25, -0.2) is 4.68 Å². The maximum Gasteiger partial charge on any atom is 0.240 e. The van der Waals surface area contributed by atoms with Gasteiger partial charge < -0.3 is 10.7 Å². The van der Waals surface area contributed by atoms with E-state index < -0.39 is 5.25 Å². The molecule has 6 nitrogen and oxygen atoms in total. The van der Waals surface area contributed by atoms with Gasteiger partial charge in [0.05, 0.1) is 6.04 Å². The van der Waals surface area contributed by atoms with Gasteiger partial charge >= 0.3 is 0 Å². The fraction of sp³-hybridized carbons (Fsp3) is 0.318. The van der Waals surface area contributed by atoms with Gasteiger partial charge in [0, 0.05) is 17.1 Å². The van der Waals surface area contributed by atoms with Gasteiger partial charge in [-0.1, -0.05) is 66.2 Å². The largest absolute Gasteiger partial charge is 0.325 e. The average Bonchev–Trinajstić information content (AvgIpc) is 3.13. The molecule has 0 saturated carbocycles. The number of halogens is 1. The molecule has 0 spiro atoms. The number of rotatable bonds is 5. The van der Waals surface area contributed by atoms with E-state index in [1.165, 1.54) is 17.3 Å². The van der Waals surface area contributed by atoms with Crippen molar-refractivity contribution in [1.82, 2.24) is 14.9 Å². The molecular weight excluding hydrogens is 418 g/mol. The number of amides is 1. The summed E-state index contributed by atoms with van der Waals surface area (Å²) in [5.41, 5.74) is 7.27. The lowest BCUT2D eigenvalue weighted by atomic mass is 10.0. The number of hydrogen-bond donors (Lipinski definition) is 2. The number of aryl methyl sites for hydroxylation is 2. The van der Waals surface area contributed by atoms with Crippen molar-refractivity contribution >= 4 is 35.0 Å². The van der Waals surface area contributed by atoms with Crippen LogP contribution in [0, 0.1) is 13.8 Å². The third-order valence-electron chi connectivity index (χ3n) is 5.20. The number of anilines is 1. The molecule has 156 valence electrons. The molecule has 2 heterocycles. The van der Waals surface area contributed by atoms with Crippen molar-refractivity contribution in [2.75, 3.05) is 10.7 Å². The number of benzene rings is 2. The predicted molar refractivity (Wildman–Crippen MR) is 122 cm³/mol. The molecule has 3 aromatic rings. The molecule has 0 radical (unpaired) electrons. The Labute approximate surface area is 185 Å². The number of hydrogen-bond acceptors (Lipinski definition) is 5. The highest BCUT2D eigenvalue weighted by molar-refractivity contribution is 8.00. The zero-order chi connectivity index (χ0) is 21.3. The number of nitrogens with one attached hydrogen (secondary N) is 2. The van der Waals surface area contributed by atoms with Crippen LogP contribution in [0.5, 0.6) is 0 Å². The summed E-state index contributed by atoms with van der Waals surface area (Å²) in [6.07, 6.45) is 1.79. The Morgan fingerprint density at radius 3 is 2.70 bits per heavy atom. The first-order valence-electron chi connectivity index (χ1n) is 9.98. The molecule has 2 aromatic carbocycles. The van der Waals surface area contributed by atoms with Crippen LogP contribution in [-0.2, 0) is 11.2 Å². The quantitative estimate of drug-likeness (QED) is 0.589. The van der Waals surface area contributed by atoms with E-state index in [-0.39, 0.29) is 11.9 Å². The highest BCUT2D eigenvalue weighted by Crippen LogP contribution is 2.38. The molecule has 1 amide bonds. The summed E-state index contributed by atoms with van der Waals surface area (Å²) < 4.78 is 1.92. The first kappa shape index (κ1) is 20.8. The fourth-order valence-electron chi connectivity index (χ4n) is 3.45. The third-order valence-corrected chi connectivity index (χ3v) is 6.82. The maximum absolute atomic E-state index is 13.4. The van der Waals surface area contributed by atoms with Crippen LogP contribution in [0.15, 0.2) is 47.6 Å². The lowest BCUT2D eigenvalue weighted by Crippen LogP contribution is -2.41. The van der Waals surface area contributed by atoms with Crippen molar-refractivity contribution in [2.24, 2.45) is 0 Å². The van der Waals surface area contributed by atoms with E-state index >= 15 is 0 Å². The Morgan fingerprint density at radius 1 is 1.20 bits per heavy atom. The second-order valence-corrected chi connectivity index (χ2v) is 8.96. The average molecular weight is 442 g/mol. The predicted octanol–water partition coefficient (Wildman–Crippen LogP) is 4.90. The molecular formula is C22H24ClN5OS. The van der Waals surface area contributed by atoms with Gasteiger partial charge in [0.2, 0.25) is 11.1 Å². The van der Waals surface area contributed by atoms with Crippen LogP contribution < -0.4 is 10.7 Å². The first-order valence-corrected chi connectivity index (χ1v) is 11.2. The lowest BCUT2D eigenvalue weighted by Gasteiger charge is -2.33. The number of thioether (sulfide) groups is 1. The number of nitrogens with zero attached hydrogens (tertiary/aromatic N) is 3. The van der Waals surface area contributed by atoms with Crippen molar-refractivity contribution in [3.8, 4) is 0 Å². The topological polar surface area (TPSA) is 71.8 Å². The number of carbonyl (C=O) groups excluding carboxylic acids is 1. The van der Waals surface area contributed by atoms with Crippen LogP contribution in [-0.4, -0.2) is 26.0 Å². The van der Waals surface area contributed by atoms with Gasteiger partial charge in [-0.3, -0.25) is 4.79 Å². The van der Waals surface area contributed by atoms with Gasteiger partial charge in [0.15, 0.2) is 5.82 Å². The van der Waals surface area contributed by atoms with Crippen molar-refractivity contribution in [2.45, 2.75) is 50.1 Å². The second kappa shape index (κ2) is 8.70. The van der Waals surface area contributed by atoms with Crippen molar-refractivity contribution in [3.05, 3.63) is 70.0 Å². The Balaban J connectivity index is 1.68. The molecule has 2 N–H and O–H groups in total. The van der Waals surface area contributed by atoms with Gasteiger partial charge in [-0.05, 0) is 43.5 Å². The van der Waals surface area contributed by atoms with Crippen LogP contribution in [0.1, 0.15) is 41.9 Å². The summed E-state index contributed by atoms with van der Waals surface area (Å²) in [7, 11) is 0. The smallest absolute Gasteiger partial charge is 0.240 e. The van der Waals surface area contributed by atoms with E-state index in [4.69, 9.17) is 11.6 Å². The molecule has 1 aromatic heterocycles. The zero-order valence-electron chi connectivity index (χ0n) is 17.1. The first-order chi connectivity index (χ1) is 14.5. The number of carbonyl (C=O) groups is 1. The normalized spacial score (nSPS) is 17.9. The van der Waals surface area contributed by atoms with E-state index in [0.717, 1.165) is 35.5 Å². The number of aromatic nitrogens is 3. The van der Waals surface area contributed by atoms with E-state index in [2.05, 4.69) is 59.1 Å². The molecule has 4 rings (SSSR count). The second-order valence-electron chi connectivity index (χ2n) is 7.44. The summed E-state index contributed by atoms with van der Waals surface area (Å²) in [5.74, 6) is 0.774. The number of fused-ring (bicyclic) bond motifs is 1. The van der Waals surface area contributed by atoms with Gasteiger partial charge in [0.1, 0.15) is 5.25 Å². The Bertz CT molecular complexity index is 1070. The van der Waals surface area contributed by atoms with E-state index in [1.54, 1.807) is 0 Å². The van der Waals surface area contributed by atoms with Crippen LogP contribution in [0.4, 0.5) is 5.69 Å². The molecule has 0 bridgehead atoms. The fourth-order valence-corrected chi connectivity index (χ4v) is 4.73. The van der Waals surface area contributed by atoms with Gasteiger partial charge in [-0.15, -0.1) is 10.2 Å². The van der Waals surface area contributed by atoms with Crippen LogP contribution in [0.25, 0.3) is 0 Å². The van der Waals surface area contributed by atoms with Gasteiger partial charge in [-0.2, -0.15) is 0 Å². The molecule has 1 aliphatic rings. The van der Waals surface area contributed by atoms with E-state index in [0.29, 0.717) is 10.2 Å². The third kappa shape index (κ3) is 4.04. The summed E-state index contributed by atoms with van der Waals surface area (Å²) in [6.45, 7) is 6.06. The Kier molecular flexibility index (Phi) is 6.01. The molecule has 0 saturated heterocycles. The molecule has 30 heavy (non-hydrogen) atoms.